The quantitative estimate of drug-likeness (QED) is 0.845. The Morgan fingerprint density at radius 2 is 2.00 bits per heavy atom. The van der Waals surface area contributed by atoms with E-state index in [2.05, 4.69) is 28.0 Å². The van der Waals surface area contributed by atoms with Crippen LogP contribution in [0.3, 0.4) is 0 Å². The molecule has 1 N–H and O–H groups in total. The molecule has 0 atom stereocenters. The largest absolute Gasteiger partial charge is 0.285 e. The number of hydrogen-bond acceptors (Lipinski definition) is 2. The monoisotopic (exact) mass is 330 g/mol. The first-order valence-corrected chi connectivity index (χ1v) is 6.65. The Morgan fingerprint density at radius 3 is 2.69 bits per heavy atom. The van der Waals surface area contributed by atoms with Gasteiger partial charge < -0.3 is 0 Å². The first-order valence-electron chi connectivity index (χ1n) is 5.57. The summed E-state index contributed by atoms with van der Waals surface area (Å²) in [6, 6.07) is 7.65. The Kier molecular flexibility index (Phi) is 4.17. The number of hydrogen-bond donors (Lipinski definition) is 1. The molecule has 1 aromatic carbocycles. The molecule has 3 nitrogen and oxygen atoms in total. The maximum Gasteiger partial charge on any atom is 0.265 e. The van der Waals surface area contributed by atoms with Crippen molar-refractivity contribution in [2.45, 2.75) is 19.3 Å². The van der Waals surface area contributed by atoms with Gasteiger partial charge in [-0.25, -0.2) is 5.01 Å². The van der Waals surface area contributed by atoms with Crippen molar-refractivity contribution < 1.29 is 4.79 Å². The smallest absolute Gasteiger partial charge is 0.265 e. The van der Waals surface area contributed by atoms with Gasteiger partial charge in [0.25, 0.3) is 5.91 Å². The van der Waals surface area contributed by atoms with E-state index in [4.69, 9.17) is 0 Å². The molecule has 1 fully saturated rings. The van der Waals surface area contributed by atoms with Crippen LogP contribution in [0, 0.1) is 3.57 Å². The van der Waals surface area contributed by atoms with Crippen molar-refractivity contribution in [3.63, 3.8) is 0 Å². The van der Waals surface area contributed by atoms with Crippen LogP contribution in [-0.2, 0) is 0 Å². The number of nitrogens with one attached hydrogen (secondary N) is 1. The Morgan fingerprint density at radius 1 is 1.25 bits per heavy atom. The van der Waals surface area contributed by atoms with E-state index in [1.807, 2.05) is 29.3 Å². The lowest BCUT2D eigenvalue weighted by Gasteiger charge is -2.26. The topological polar surface area (TPSA) is 32.3 Å². The van der Waals surface area contributed by atoms with Crippen LogP contribution in [0.4, 0.5) is 0 Å². The van der Waals surface area contributed by atoms with Crippen molar-refractivity contribution in [1.82, 2.24) is 10.4 Å². The highest BCUT2D eigenvalue weighted by molar-refractivity contribution is 14.1. The summed E-state index contributed by atoms with van der Waals surface area (Å²) >= 11 is 2.22. The summed E-state index contributed by atoms with van der Waals surface area (Å²) in [4.78, 5) is 11.9. The molecule has 1 aliphatic heterocycles. The summed E-state index contributed by atoms with van der Waals surface area (Å²) in [5, 5.41) is 2.02. The van der Waals surface area contributed by atoms with E-state index in [9.17, 15) is 4.79 Å². The zero-order valence-corrected chi connectivity index (χ0v) is 11.2. The summed E-state index contributed by atoms with van der Waals surface area (Å²) in [5.41, 5.74) is 3.69. The number of amides is 1. The van der Waals surface area contributed by atoms with Crippen LogP contribution in [0.15, 0.2) is 24.3 Å². The third-order valence-electron chi connectivity index (χ3n) is 2.70. The fourth-order valence-corrected chi connectivity index (χ4v) is 2.39. The molecule has 0 bridgehead atoms. The fraction of sp³-hybridized carbons (Fsp3) is 0.417. The molecule has 2 rings (SSSR count). The lowest BCUT2D eigenvalue weighted by molar-refractivity contribution is 0.0750. The molecule has 1 aromatic rings. The summed E-state index contributed by atoms with van der Waals surface area (Å²) in [6.07, 6.45) is 3.62. The number of carbonyl (C=O) groups is 1. The Bertz CT molecular complexity index is 375. The highest BCUT2D eigenvalue weighted by Gasteiger charge is 2.13. The van der Waals surface area contributed by atoms with E-state index in [1.54, 1.807) is 0 Å². The van der Waals surface area contributed by atoms with Gasteiger partial charge in [-0.1, -0.05) is 12.5 Å². The zero-order valence-electron chi connectivity index (χ0n) is 9.08. The van der Waals surface area contributed by atoms with Crippen molar-refractivity contribution in [2.24, 2.45) is 0 Å². The van der Waals surface area contributed by atoms with Crippen LogP contribution in [0.1, 0.15) is 29.6 Å². The summed E-state index contributed by atoms with van der Waals surface area (Å²) in [6.45, 7) is 1.94. The summed E-state index contributed by atoms with van der Waals surface area (Å²) in [7, 11) is 0. The first-order chi connectivity index (χ1) is 7.75. The molecule has 86 valence electrons. The van der Waals surface area contributed by atoms with Gasteiger partial charge in [-0.3, -0.25) is 10.2 Å². The molecule has 16 heavy (non-hydrogen) atoms. The standard InChI is InChI=1S/C12H15IN2O/c13-11-6-4-5-10(9-11)12(16)14-15-7-2-1-3-8-15/h4-6,9H,1-3,7-8H2,(H,14,16). The molecule has 1 aliphatic rings. The molecule has 4 heteroatoms. The number of piperidine rings is 1. The van der Waals surface area contributed by atoms with Gasteiger partial charge in [0.05, 0.1) is 0 Å². The van der Waals surface area contributed by atoms with Crippen LogP contribution in [0.25, 0.3) is 0 Å². The molecule has 1 saturated heterocycles. The van der Waals surface area contributed by atoms with Crippen LogP contribution in [0.5, 0.6) is 0 Å². The van der Waals surface area contributed by atoms with Crippen LogP contribution in [0.2, 0.25) is 0 Å². The van der Waals surface area contributed by atoms with E-state index in [0.717, 1.165) is 22.2 Å². The van der Waals surface area contributed by atoms with Crippen LogP contribution < -0.4 is 5.43 Å². The van der Waals surface area contributed by atoms with E-state index >= 15 is 0 Å². The molecule has 1 heterocycles. The number of benzene rings is 1. The second-order valence-electron chi connectivity index (χ2n) is 4.00. The average Bonchev–Trinajstić information content (AvgIpc) is 2.30. The molecular formula is C12H15IN2O. The minimum atomic E-state index is 0.000385. The normalized spacial score (nSPS) is 17.1. The van der Waals surface area contributed by atoms with Crippen LogP contribution in [-0.4, -0.2) is 24.0 Å². The number of carbonyl (C=O) groups excluding carboxylic acids is 1. The molecule has 0 spiro atoms. The number of rotatable bonds is 2. The van der Waals surface area contributed by atoms with E-state index in [1.165, 1.54) is 19.3 Å². The van der Waals surface area contributed by atoms with Gasteiger partial charge in [0, 0.05) is 22.2 Å². The second kappa shape index (κ2) is 5.63. The molecule has 0 saturated carbocycles. The minimum absolute atomic E-state index is 0.000385. The molecule has 1 amide bonds. The maximum absolute atomic E-state index is 11.9. The van der Waals surface area contributed by atoms with Gasteiger partial charge in [0.1, 0.15) is 0 Å². The number of halogens is 1. The van der Waals surface area contributed by atoms with E-state index in [-0.39, 0.29) is 5.91 Å². The van der Waals surface area contributed by atoms with Gasteiger partial charge in [0.15, 0.2) is 0 Å². The van der Waals surface area contributed by atoms with Crippen molar-refractivity contribution in [3.8, 4) is 0 Å². The van der Waals surface area contributed by atoms with Crippen molar-refractivity contribution in [2.75, 3.05) is 13.1 Å². The fourth-order valence-electron chi connectivity index (χ4n) is 1.84. The molecular weight excluding hydrogens is 315 g/mol. The van der Waals surface area contributed by atoms with Crippen molar-refractivity contribution >= 4 is 28.5 Å². The van der Waals surface area contributed by atoms with Gasteiger partial charge in [-0.2, -0.15) is 0 Å². The van der Waals surface area contributed by atoms with Gasteiger partial charge in [-0.05, 0) is 53.6 Å². The van der Waals surface area contributed by atoms with Gasteiger partial charge in [-0.15, -0.1) is 0 Å². The van der Waals surface area contributed by atoms with Crippen molar-refractivity contribution in [3.05, 3.63) is 33.4 Å². The molecule has 0 unspecified atom stereocenters. The highest BCUT2D eigenvalue weighted by atomic mass is 127. The highest BCUT2D eigenvalue weighted by Crippen LogP contribution is 2.09. The maximum atomic E-state index is 11.9. The predicted molar refractivity (Wildman–Crippen MR) is 72.0 cm³/mol. The predicted octanol–water partition coefficient (Wildman–Crippen LogP) is 2.42. The average molecular weight is 330 g/mol. The summed E-state index contributed by atoms with van der Waals surface area (Å²) in [5.74, 6) is 0.000385. The molecule has 0 aromatic heterocycles. The Hall–Kier alpha value is -0.620. The van der Waals surface area contributed by atoms with Gasteiger partial charge >= 0.3 is 0 Å². The van der Waals surface area contributed by atoms with E-state index < -0.39 is 0 Å². The third-order valence-corrected chi connectivity index (χ3v) is 3.37. The van der Waals surface area contributed by atoms with Gasteiger partial charge in [0.2, 0.25) is 0 Å². The Balaban J connectivity index is 1.97. The first kappa shape index (κ1) is 11.9. The Labute approximate surface area is 109 Å². The number of hydrazine groups is 1. The summed E-state index contributed by atoms with van der Waals surface area (Å²) < 4.78 is 1.09. The number of nitrogens with zero attached hydrogens (tertiary/aromatic N) is 1. The molecule has 0 radical (unpaired) electrons. The van der Waals surface area contributed by atoms with Crippen LogP contribution >= 0.6 is 22.6 Å². The third kappa shape index (κ3) is 3.18. The van der Waals surface area contributed by atoms with Crippen molar-refractivity contribution in [1.29, 1.82) is 0 Å². The molecule has 0 aliphatic carbocycles. The minimum Gasteiger partial charge on any atom is -0.285 e. The SMILES string of the molecule is O=C(NN1CCCCC1)c1cccc(I)c1. The lowest BCUT2D eigenvalue weighted by atomic mass is 10.1. The van der Waals surface area contributed by atoms with E-state index in [0.29, 0.717) is 0 Å². The second-order valence-corrected chi connectivity index (χ2v) is 5.24. The zero-order chi connectivity index (χ0) is 11.4. The lowest BCUT2D eigenvalue weighted by Crippen LogP contribution is -2.45.